The molecule has 25 heavy (non-hydrogen) atoms. The lowest BCUT2D eigenvalue weighted by molar-refractivity contribution is 0.475. The number of benzene rings is 1. The zero-order valence-corrected chi connectivity index (χ0v) is 19.2. The quantitative estimate of drug-likeness (QED) is 0.374. The number of nitrogens with zero attached hydrogens (tertiary/aromatic N) is 5. The third-order valence-electron chi connectivity index (χ3n) is 3.79. The number of guanidine groups is 1. The molecule has 0 bridgehead atoms. The second-order valence-electron chi connectivity index (χ2n) is 5.89. The van der Waals surface area contributed by atoms with Gasteiger partial charge in [0.25, 0.3) is 0 Å². The Kier molecular flexibility index (Phi) is 8.70. The minimum absolute atomic E-state index is 0. The summed E-state index contributed by atoms with van der Waals surface area (Å²) in [5, 5.41) is 3.40. The van der Waals surface area contributed by atoms with E-state index in [9.17, 15) is 0 Å². The normalized spacial score (nSPS) is 11.0. The summed E-state index contributed by atoms with van der Waals surface area (Å²) in [6.07, 6.45) is 1.89. The summed E-state index contributed by atoms with van der Waals surface area (Å²) in [7, 11) is 9.84. The third kappa shape index (κ3) is 5.88. The van der Waals surface area contributed by atoms with E-state index in [-0.39, 0.29) is 24.0 Å². The molecule has 1 aromatic heterocycles. The lowest BCUT2D eigenvalue weighted by atomic mass is 10.2. The molecule has 0 aliphatic rings. The molecule has 0 atom stereocenters. The van der Waals surface area contributed by atoms with Crippen molar-refractivity contribution in [1.82, 2.24) is 19.8 Å². The van der Waals surface area contributed by atoms with Gasteiger partial charge in [0.05, 0.1) is 18.4 Å². The first-order valence-corrected chi connectivity index (χ1v) is 8.55. The van der Waals surface area contributed by atoms with Crippen LogP contribution in [-0.4, -0.2) is 48.6 Å². The van der Waals surface area contributed by atoms with E-state index in [1.807, 2.05) is 39.3 Å². The molecule has 1 aromatic carbocycles. The minimum Gasteiger partial charge on any atom is -0.351 e. The number of hydrogen-bond donors (Lipinski definition) is 1. The van der Waals surface area contributed by atoms with Crippen molar-refractivity contribution in [3.8, 4) is 0 Å². The van der Waals surface area contributed by atoms with Gasteiger partial charge in [0.2, 0.25) is 5.95 Å². The van der Waals surface area contributed by atoms with E-state index < -0.39 is 0 Å². The summed E-state index contributed by atoms with van der Waals surface area (Å²) in [6.45, 7) is 1.47. The molecule has 0 amide bonds. The van der Waals surface area contributed by atoms with Crippen LogP contribution in [0.3, 0.4) is 0 Å². The molecular weight excluding hydrogens is 495 g/mol. The Bertz CT molecular complexity index is 696. The van der Waals surface area contributed by atoms with Gasteiger partial charge in [-0.15, -0.1) is 24.0 Å². The molecule has 6 nitrogen and oxygen atoms in total. The fourth-order valence-corrected chi connectivity index (χ4v) is 2.77. The molecule has 2 aromatic rings. The third-order valence-corrected chi connectivity index (χ3v) is 4.32. The van der Waals surface area contributed by atoms with Crippen LogP contribution in [0.25, 0.3) is 0 Å². The summed E-state index contributed by atoms with van der Waals surface area (Å²) in [5.41, 5.74) is 2.34. The van der Waals surface area contributed by atoms with E-state index >= 15 is 0 Å². The van der Waals surface area contributed by atoms with Crippen molar-refractivity contribution in [1.29, 1.82) is 0 Å². The first-order chi connectivity index (χ1) is 11.4. The monoisotopic (exact) mass is 520 g/mol. The van der Waals surface area contributed by atoms with Gasteiger partial charge in [-0.2, -0.15) is 0 Å². The Morgan fingerprint density at radius 1 is 1.24 bits per heavy atom. The highest BCUT2D eigenvalue weighted by molar-refractivity contribution is 14.0. The maximum absolute atomic E-state index is 4.43. The first-order valence-electron chi connectivity index (χ1n) is 7.76. The maximum Gasteiger partial charge on any atom is 0.204 e. The van der Waals surface area contributed by atoms with E-state index in [1.165, 1.54) is 5.56 Å². The predicted molar refractivity (Wildman–Crippen MR) is 119 cm³/mol. The maximum atomic E-state index is 4.43. The van der Waals surface area contributed by atoms with Crippen LogP contribution in [0, 0.1) is 0 Å². The molecule has 0 radical (unpaired) electrons. The smallest absolute Gasteiger partial charge is 0.204 e. The lowest BCUT2D eigenvalue weighted by Gasteiger charge is -2.22. The number of nitrogens with one attached hydrogen (secondary N) is 1. The topological polar surface area (TPSA) is 48.7 Å². The summed E-state index contributed by atoms with van der Waals surface area (Å²) in [5.74, 6) is 1.79. The number of aliphatic imine (C=N–C) groups is 1. The van der Waals surface area contributed by atoms with Crippen LogP contribution < -0.4 is 10.2 Å². The van der Waals surface area contributed by atoms with Crippen molar-refractivity contribution in [2.45, 2.75) is 13.1 Å². The van der Waals surface area contributed by atoms with Crippen LogP contribution in [0.15, 0.2) is 39.9 Å². The number of rotatable bonds is 5. The number of hydrogen-bond acceptors (Lipinski definition) is 3. The lowest BCUT2D eigenvalue weighted by Crippen LogP contribution is -2.38. The van der Waals surface area contributed by atoms with Gasteiger partial charge in [0.1, 0.15) is 0 Å². The second kappa shape index (κ2) is 10.0. The second-order valence-corrected chi connectivity index (χ2v) is 6.80. The van der Waals surface area contributed by atoms with Crippen molar-refractivity contribution < 1.29 is 0 Å². The SMILES string of the molecule is CN=C(NCc1cnc(N(C)C)n1C)N(C)Cc1ccc(Br)cc1.I. The van der Waals surface area contributed by atoms with Crippen LogP contribution in [0.4, 0.5) is 5.95 Å². The van der Waals surface area contributed by atoms with Crippen molar-refractivity contribution in [2.24, 2.45) is 12.0 Å². The van der Waals surface area contributed by atoms with Crippen molar-refractivity contribution in [3.63, 3.8) is 0 Å². The molecule has 8 heteroatoms. The summed E-state index contributed by atoms with van der Waals surface area (Å²) in [4.78, 5) is 12.9. The van der Waals surface area contributed by atoms with E-state index in [2.05, 4.69) is 65.0 Å². The Morgan fingerprint density at radius 2 is 1.88 bits per heavy atom. The zero-order valence-electron chi connectivity index (χ0n) is 15.3. The standard InChI is InChI=1S/C17H25BrN6.HI/c1-19-16(23(4)12-13-6-8-14(18)9-7-13)20-10-15-11-21-17(22(2)3)24(15)5;/h6-9,11H,10,12H2,1-5H3,(H,19,20);1H. The van der Waals surface area contributed by atoms with Crippen LogP contribution >= 0.6 is 39.9 Å². The fourth-order valence-electron chi connectivity index (χ4n) is 2.51. The van der Waals surface area contributed by atoms with Crippen molar-refractivity contribution >= 4 is 51.8 Å². The molecule has 0 saturated carbocycles. The summed E-state index contributed by atoms with van der Waals surface area (Å²) < 4.78 is 3.17. The Balaban J connectivity index is 0.00000312. The van der Waals surface area contributed by atoms with Crippen LogP contribution in [0.5, 0.6) is 0 Å². The number of aromatic nitrogens is 2. The zero-order chi connectivity index (χ0) is 17.7. The molecule has 0 aliphatic heterocycles. The first kappa shape index (κ1) is 21.8. The van der Waals surface area contributed by atoms with Gasteiger partial charge in [-0.25, -0.2) is 4.98 Å². The average molecular weight is 521 g/mol. The molecule has 1 N–H and O–H groups in total. The molecule has 0 unspecified atom stereocenters. The largest absolute Gasteiger partial charge is 0.351 e. The van der Waals surface area contributed by atoms with Crippen molar-refractivity contribution in [2.75, 3.05) is 33.1 Å². The average Bonchev–Trinajstić information content (AvgIpc) is 2.91. The predicted octanol–water partition coefficient (Wildman–Crippen LogP) is 3.07. The molecule has 138 valence electrons. The van der Waals surface area contributed by atoms with Gasteiger partial charge in [0.15, 0.2) is 5.96 Å². The Labute approximate surface area is 175 Å². The van der Waals surface area contributed by atoms with Gasteiger partial charge in [0, 0.05) is 46.3 Å². The van der Waals surface area contributed by atoms with Crippen molar-refractivity contribution in [3.05, 3.63) is 46.2 Å². The van der Waals surface area contributed by atoms with Gasteiger partial charge < -0.3 is 19.7 Å². The molecule has 0 spiro atoms. The van der Waals surface area contributed by atoms with Gasteiger partial charge in [-0.3, -0.25) is 4.99 Å². The van der Waals surface area contributed by atoms with Gasteiger partial charge in [-0.05, 0) is 17.7 Å². The molecule has 2 rings (SSSR count). The highest BCUT2D eigenvalue weighted by Crippen LogP contribution is 2.13. The molecule has 0 aliphatic carbocycles. The van der Waals surface area contributed by atoms with Gasteiger partial charge in [-0.1, -0.05) is 28.1 Å². The minimum atomic E-state index is 0. The van der Waals surface area contributed by atoms with Crippen LogP contribution in [-0.2, 0) is 20.1 Å². The Morgan fingerprint density at radius 3 is 2.40 bits per heavy atom. The van der Waals surface area contributed by atoms with Crippen LogP contribution in [0.1, 0.15) is 11.3 Å². The van der Waals surface area contributed by atoms with Gasteiger partial charge >= 0.3 is 0 Å². The summed E-state index contributed by atoms with van der Waals surface area (Å²) >= 11 is 3.46. The Hall–Kier alpha value is -1.29. The molecule has 0 saturated heterocycles. The fraction of sp³-hybridized carbons (Fsp3) is 0.412. The van der Waals surface area contributed by atoms with E-state index in [0.717, 1.165) is 28.6 Å². The summed E-state index contributed by atoms with van der Waals surface area (Å²) in [6, 6.07) is 8.33. The highest BCUT2D eigenvalue weighted by Gasteiger charge is 2.11. The van der Waals surface area contributed by atoms with E-state index in [1.54, 1.807) is 7.05 Å². The molecule has 0 fully saturated rings. The van der Waals surface area contributed by atoms with E-state index in [0.29, 0.717) is 6.54 Å². The number of halogens is 2. The molecule has 1 heterocycles. The number of anilines is 1. The van der Waals surface area contributed by atoms with E-state index in [4.69, 9.17) is 0 Å². The van der Waals surface area contributed by atoms with Crippen LogP contribution in [0.2, 0.25) is 0 Å². The molecular formula is C17H26BrIN6. The number of imidazole rings is 1. The highest BCUT2D eigenvalue weighted by atomic mass is 127.